The number of aromatic carboxylic acids is 1. The molecule has 2 aromatic rings. The second-order valence-corrected chi connectivity index (χ2v) is 7.48. The summed E-state index contributed by atoms with van der Waals surface area (Å²) in [5.41, 5.74) is 2.17. The van der Waals surface area contributed by atoms with E-state index < -0.39 is 12.0 Å². The number of likely N-dealkylation sites (tertiary alicyclic amines) is 1. The highest BCUT2D eigenvalue weighted by Gasteiger charge is 2.35. The SMILES string of the molecule is Cc1ccc(CN2C(=O)CCC2C(=O)NCCc2nc(C(=O)O)cs2)cc1. The van der Waals surface area contributed by atoms with Gasteiger partial charge in [-0.2, -0.15) is 0 Å². The monoisotopic (exact) mass is 387 g/mol. The molecule has 1 aromatic carbocycles. The smallest absolute Gasteiger partial charge is 0.355 e. The highest BCUT2D eigenvalue weighted by atomic mass is 32.1. The highest BCUT2D eigenvalue weighted by Crippen LogP contribution is 2.22. The second kappa shape index (κ2) is 8.30. The summed E-state index contributed by atoms with van der Waals surface area (Å²) in [6, 6.07) is 7.45. The molecule has 3 rings (SSSR count). The Bertz CT molecular complexity index is 847. The number of carboxylic acids is 1. The normalized spacial score (nSPS) is 16.6. The topological polar surface area (TPSA) is 99.6 Å². The van der Waals surface area contributed by atoms with Gasteiger partial charge in [-0.3, -0.25) is 9.59 Å². The Balaban J connectivity index is 1.55. The van der Waals surface area contributed by atoms with Gasteiger partial charge in [0.2, 0.25) is 11.8 Å². The number of amides is 2. The molecule has 1 atom stereocenters. The van der Waals surface area contributed by atoms with Gasteiger partial charge in [0.1, 0.15) is 6.04 Å². The third kappa shape index (κ3) is 4.71. The van der Waals surface area contributed by atoms with Crippen molar-refractivity contribution in [3.8, 4) is 0 Å². The molecule has 2 amide bonds. The summed E-state index contributed by atoms with van der Waals surface area (Å²) in [7, 11) is 0. The van der Waals surface area contributed by atoms with Crippen LogP contribution in [0.25, 0.3) is 0 Å². The fourth-order valence-electron chi connectivity index (χ4n) is 3.03. The molecular weight excluding hydrogens is 366 g/mol. The van der Waals surface area contributed by atoms with Crippen LogP contribution in [0.1, 0.15) is 39.5 Å². The minimum Gasteiger partial charge on any atom is -0.476 e. The highest BCUT2D eigenvalue weighted by molar-refractivity contribution is 7.09. The van der Waals surface area contributed by atoms with E-state index in [1.54, 1.807) is 4.90 Å². The van der Waals surface area contributed by atoms with Gasteiger partial charge < -0.3 is 15.3 Å². The molecule has 0 saturated carbocycles. The maximum Gasteiger partial charge on any atom is 0.355 e. The Hall–Kier alpha value is -2.74. The zero-order chi connectivity index (χ0) is 19.4. The Morgan fingerprint density at radius 2 is 2.07 bits per heavy atom. The molecule has 0 spiro atoms. The quantitative estimate of drug-likeness (QED) is 0.757. The maximum atomic E-state index is 12.5. The second-order valence-electron chi connectivity index (χ2n) is 6.53. The van der Waals surface area contributed by atoms with Gasteiger partial charge in [0.15, 0.2) is 5.69 Å². The van der Waals surface area contributed by atoms with E-state index in [1.807, 2.05) is 31.2 Å². The van der Waals surface area contributed by atoms with Crippen LogP contribution in [-0.4, -0.2) is 45.4 Å². The Morgan fingerprint density at radius 3 is 2.74 bits per heavy atom. The molecule has 1 unspecified atom stereocenters. The van der Waals surface area contributed by atoms with E-state index in [2.05, 4.69) is 10.3 Å². The van der Waals surface area contributed by atoms with Crippen LogP contribution < -0.4 is 5.32 Å². The van der Waals surface area contributed by atoms with E-state index in [0.717, 1.165) is 11.1 Å². The van der Waals surface area contributed by atoms with Gasteiger partial charge in [-0.1, -0.05) is 29.8 Å². The van der Waals surface area contributed by atoms with E-state index in [9.17, 15) is 14.4 Å². The van der Waals surface area contributed by atoms with Gasteiger partial charge in [0.05, 0.1) is 5.01 Å². The average molecular weight is 387 g/mol. The molecule has 1 aromatic heterocycles. The van der Waals surface area contributed by atoms with Crippen molar-refractivity contribution in [2.24, 2.45) is 0 Å². The Kier molecular flexibility index (Phi) is 5.85. The third-order valence-corrected chi connectivity index (χ3v) is 5.42. The predicted molar refractivity (Wildman–Crippen MR) is 101 cm³/mol. The summed E-state index contributed by atoms with van der Waals surface area (Å²) in [6.45, 7) is 2.78. The number of aromatic nitrogens is 1. The largest absolute Gasteiger partial charge is 0.476 e. The van der Waals surface area contributed by atoms with Crippen molar-refractivity contribution in [1.82, 2.24) is 15.2 Å². The lowest BCUT2D eigenvalue weighted by Crippen LogP contribution is -2.44. The number of rotatable bonds is 7. The van der Waals surface area contributed by atoms with E-state index in [1.165, 1.54) is 16.7 Å². The minimum atomic E-state index is -1.06. The van der Waals surface area contributed by atoms with Gasteiger partial charge in [-0.05, 0) is 18.9 Å². The van der Waals surface area contributed by atoms with Crippen molar-refractivity contribution < 1.29 is 19.5 Å². The average Bonchev–Trinajstić information content (AvgIpc) is 3.25. The molecular formula is C19H21N3O4S. The first-order valence-electron chi connectivity index (χ1n) is 8.74. The standard InChI is InChI=1S/C19H21N3O4S/c1-12-2-4-13(5-3-12)10-22-15(6-7-17(22)23)18(24)20-9-8-16-21-14(11-27-16)19(25)26/h2-5,11,15H,6-10H2,1H3,(H,20,24)(H,25,26). The number of carbonyl (C=O) groups is 3. The molecule has 2 heterocycles. The van der Waals surface area contributed by atoms with Crippen LogP contribution in [0.2, 0.25) is 0 Å². The molecule has 1 fully saturated rings. The minimum absolute atomic E-state index is 0.0123. The van der Waals surface area contributed by atoms with E-state index in [0.29, 0.717) is 37.4 Å². The molecule has 7 nitrogen and oxygen atoms in total. The number of hydrogen-bond donors (Lipinski definition) is 2. The van der Waals surface area contributed by atoms with Gasteiger partial charge in [-0.25, -0.2) is 9.78 Å². The number of nitrogens with zero attached hydrogens (tertiary/aromatic N) is 2. The van der Waals surface area contributed by atoms with Crippen molar-refractivity contribution in [1.29, 1.82) is 0 Å². The molecule has 27 heavy (non-hydrogen) atoms. The molecule has 2 N–H and O–H groups in total. The molecule has 1 aliphatic heterocycles. The molecule has 1 aliphatic rings. The summed E-state index contributed by atoms with van der Waals surface area (Å²) >= 11 is 1.26. The zero-order valence-corrected chi connectivity index (χ0v) is 15.8. The van der Waals surface area contributed by atoms with Crippen LogP contribution in [0, 0.1) is 6.92 Å². The predicted octanol–water partition coefficient (Wildman–Crippen LogP) is 2.00. The number of aryl methyl sites for hydroxylation is 1. The lowest BCUT2D eigenvalue weighted by Gasteiger charge is -2.24. The van der Waals surface area contributed by atoms with Crippen molar-refractivity contribution in [3.63, 3.8) is 0 Å². The molecule has 142 valence electrons. The Morgan fingerprint density at radius 1 is 1.33 bits per heavy atom. The van der Waals surface area contributed by atoms with Gasteiger partial charge >= 0.3 is 5.97 Å². The third-order valence-electron chi connectivity index (χ3n) is 4.51. The van der Waals surface area contributed by atoms with Crippen LogP contribution >= 0.6 is 11.3 Å². The van der Waals surface area contributed by atoms with Crippen LogP contribution in [0.5, 0.6) is 0 Å². The first kappa shape index (κ1) is 19.0. The molecule has 0 bridgehead atoms. The van der Waals surface area contributed by atoms with Crippen molar-refractivity contribution in [2.45, 2.75) is 38.8 Å². The van der Waals surface area contributed by atoms with Gasteiger partial charge in [0, 0.05) is 31.3 Å². The molecule has 1 saturated heterocycles. The maximum absolute atomic E-state index is 12.5. The van der Waals surface area contributed by atoms with Crippen LogP contribution in [0.15, 0.2) is 29.6 Å². The number of hydrogen-bond acceptors (Lipinski definition) is 5. The zero-order valence-electron chi connectivity index (χ0n) is 15.0. The van der Waals surface area contributed by atoms with E-state index in [-0.39, 0.29) is 17.5 Å². The van der Waals surface area contributed by atoms with Crippen LogP contribution in [-0.2, 0) is 22.6 Å². The first-order valence-corrected chi connectivity index (χ1v) is 9.62. The van der Waals surface area contributed by atoms with E-state index in [4.69, 9.17) is 5.11 Å². The Labute approximate surface area is 161 Å². The van der Waals surface area contributed by atoms with E-state index >= 15 is 0 Å². The number of thiazole rings is 1. The fourth-order valence-corrected chi connectivity index (χ4v) is 3.80. The van der Waals surface area contributed by atoms with Crippen molar-refractivity contribution in [2.75, 3.05) is 6.54 Å². The van der Waals surface area contributed by atoms with Crippen LogP contribution in [0.3, 0.4) is 0 Å². The number of carbonyl (C=O) groups excluding carboxylic acids is 2. The summed E-state index contributed by atoms with van der Waals surface area (Å²) in [5.74, 6) is -1.25. The number of nitrogens with one attached hydrogen (secondary N) is 1. The molecule has 0 aliphatic carbocycles. The van der Waals surface area contributed by atoms with Gasteiger partial charge in [0.25, 0.3) is 0 Å². The fraction of sp³-hybridized carbons (Fsp3) is 0.368. The number of benzene rings is 1. The summed E-state index contributed by atoms with van der Waals surface area (Å²) in [4.78, 5) is 41.2. The van der Waals surface area contributed by atoms with Crippen molar-refractivity contribution in [3.05, 3.63) is 51.5 Å². The summed E-state index contributed by atoms with van der Waals surface area (Å²) < 4.78 is 0. The van der Waals surface area contributed by atoms with Gasteiger partial charge in [-0.15, -0.1) is 11.3 Å². The van der Waals surface area contributed by atoms with Crippen molar-refractivity contribution >= 4 is 29.1 Å². The first-order chi connectivity index (χ1) is 12.9. The lowest BCUT2D eigenvalue weighted by molar-refractivity contribution is -0.135. The lowest BCUT2D eigenvalue weighted by atomic mass is 10.1. The molecule has 0 radical (unpaired) electrons. The summed E-state index contributed by atoms with van der Waals surface area (Å²) in [6.07, 6.45) is 1.34. The summed E-state index contributed by atoms with van der Waals surface area (Å²) in [5, 5.41) is 13.9. The molecule has 8 heteroatoms. The number of carboxylic acid groups (broad SMARTS) is 1. The van der Waals surface area contributed by atoms with Crippen LogP contribution in [0.4, 0.5) is 0 Å².